The van der Waals surface area contributed by atoms with Crippen molar-refractivity contribution in [3.8, 4) is 5.82 Å². The average Bonchev–Trinajstić information content (AvgIpc) is 2.83. The number of aryl methyl sites for hydroxylation is 1. The molecule has 0 aliphatic heterocycles. The molecule has 0 radical (unpaired) electrons. The van der Waals surface area contributed by atoms with Gasteiger partial charge in [-0.3, -0.25) is 4.57 Å². The van der Waals surface area contributed by atoms with Crippen molar-refractivity contribution in [3.05, 3.63) is 48.3 Å². The van der Waals surface area contributed by atoms with Crippen molar-refractivity contribution in [1.29, 1.82) is 0 Å². The van der Waals surface area contributed by atoms with Crippen molar-refractivity contribution >= 4 is 16.9 Å². The maximum absolute atomic E-state index is 9.04. The Bertz CT molecular complexity index is 736. The zero-order valence-corrected chi connectivity index (χ0v) is 11.0. The third kappa shape index (κ3) is 2.23. The minimum atomic E-state index is 0.146. The number of para-hydroxylation sites is 2. The molecule has 3 rings (SSSR count). The summed E-state index contributed by atoms with van der Waals surface area (Å²) in [4.78, 5) is 9.00. The second-order valence-electron chi connectivity index (χ2n) is 4.60. The Balaban J connectivity index is 2.20. The first kappa shape index (κ1) is 12.6. The summed E-state index contributed by atoms with van der Waals surface area (Å²) in [5.74, 6) is 2.12. The number of anilines is 1. The van der Waals surface area contributed by atoms with Gasteiger partial charge in [-0.1, -0.05) is 18.2 Å². The second-order valence-corrected chi connectivity index (χ2v) is 4.60. The molecule has 3 aromatic rings. The molecule has 0 aliphatic carbocycles. The van der Waals surface area contributed by atoms with Gasteiger partial charge in [-0.15, -0.1) is 0 Å². The van der Waals surface area contributed by atoms with Gasteiger partial charge in [0.25, 0.3) is 0 Å². The number of aromatic nitrogens is 3. The lowest BCUT2D eigenvalue weighted by atomic mass is 10.3. The van der Waals surface area contributed by atoms with Crippen molar-refractivity contribution in [2.24, 2.45) is 0 Å². The molecule has 0 fully saturated rings. The van der Waals surface area contributed by atoms with Crippen LogP contribution in [0.15, 0.2) is 42.5 Å². The minimum Gasteiger partial charge on any atom is -0.396 e. The maximum Gasteiger partial charge on any atom is 0.140 e. The second kappa shape index (κ2) is 5.30. The van der Waals surface area contributed by atoms with Crippen molar-refractivity contribution in [3.63, 3.8) is 0 Å². The lowest BCUT2D eigenvalue weighted by Crippen LogP contribution is -2.05. The molecule has 0 amide bonds. The van der Waals surface area contributed by atoms with E-state index in [4.69, 9.17) is 10.8 Å². The number of fused-ring (bicyclic) bond motifs is 1. The highest BCUT2D eigenvalue weighted by Gasteiger charge is 2.12. The molecule has 3 N–H and O–H groups in total. The number of aliphatic hydroxyl groups is 1. The van der Waals surface area contributed by atoms with Crippen LogP contribution in [0.1, 0.15) is 12.2 Å². The molecule has 2 aromatic heterocycles. The van der Waals surface area contributed by atoms with Crippen LogP contribution >= 0.6 is 0 Å². The van der Waals surface area contributed by atoms with Crippen molar-refractivity contribution in [2.45, 2.75) is 12.8 Å². The number of nitrogens with zero attached hydrogens (tertiary/aromatic N) is 3. The van der Waals surface area contributed by atoms with Crippen LogP contribution in [0.25, 0.3) is 16.9 Å². The summed E-state index contributed by atoms with van der Waals surface area (Å²) in [5.41, 5.74) is 7.69. The first-order valence-corrected chi connectivity index (χ1v) is 6.60. The van der Waals surface area contributed by atoms with Crippen molar-refractivity contribution < 1.29 is 5.11 Å². The Morgan fingerprint density at radius 2 is 1.90 bits per heavy atom. The van der Waals surface area contributed by atoms with Gasteiger partial charge in [-0.25, -0.2) is 9.97 Å². The van der Waals surface area contributed by atoms with E-state index in [1.807, 2.05) is 41.0 Å². The number of aliphatic hydroxyl groups excluding tert-OH is 1. The Morgan fingerprint density at radius 1 is 1.05 bits per heavy atom. The summed E-state index contributed by atoms with van der Waals surface area (Å²) in [5, 5.41) is 9.04. The van der Waals surface area contributed by atoms with E-state index in [0.29, 0.717) is 18.7 Å². The molecule has 1 aromatic carbocycles. The van der Waals surface area contributed by atoms with Crippen LogP contribution in [0.3, 0.4) is 0 Å². The number of hydrogen-bond donors (Lipinski definition) is 2. The van der Waals surface area contributed by atoms with E-state index in [-0.39, 0.29) is 6.61 Å². The molecule has 0 atom stereocenters. The van der Waals surface area contributed by atoms with Crippen LogP contribution in [0.5, 0.6) is 0 Å². The van der Waals surface area contributed by atoms with Gasteiger partial charge >= 0.3 is 0 Å². The van der Waals surface area contributed by atoms with E-state index in [2.05, 4.69) is 9.97 Å². The average molecular weight is 268 g/mol. The topological polar surface area (TPSA) is 77.0 Å². The maximum atomic E-state index is 9.04. The predicted molar refractivity (Wildman–Crippen MR) is 78.7 cm³/mol. The van der Waals surface area contributed by atoms with Gasteiger partial charge in [0.15, 0.2) is 0 Å². The van der Waals surface area contributed by atoms with E-state index >= 15 is 0 Å². The van der Waals surface area contributed by atoms with Gasteiger partial charge in [0.1, 0.15) is 17.5 Å². The van der Waals surface area contributed by atoms with E-state index in [0.717, 1.165) is 22.7 Å². The lowest BCUT2D eigenvalue weighted by molar-refractivity contribution is 0.287. The predicted octanol–water partition coefficient (Wildman–Crippen LogP) is 1.93. The largest absolute Gasteiger partial charge is 0.396 e. The monoisotopic (exact) mass is 268 g/mol. The van der Waals surface area contributed by atoms with Crippen LogP contribution in [0.2, 0.25) is 0 Å². The third-order valence-corrected chi connectivity index (χ3v) is 3.17. The highest BCUT2D eigenvalue weighted by Crippen LogP contribution is 2.21. The number of nitrogens with two attached hydrogens (primary N) is 1. The first-order valence-electron chi connectivity index (χ1n) is 6.60. The highest BCUT2D eigenvalue weighted by molar-refractivity contribution is 5.77. The van der Waals surface area contributed by atoms with E-state index in [1.54, 1.807) is 6.07 Å². The summed E-state index contributed by atoms with van der Waals surface area (Å²) in [6, 6.07) is 13.5. The molecule has 5 heteroatoms. The molecule has 102 valence electrons. The van der Waals surface area contributed by atoms with Crippen molar-refractivity contribution in [1.82, 2.24) is 14.5 Å². The number of rotatable bonds is 4. The lowest BCUT2D eigenvalue weighted by Gasteiger charge is -2.08. The summed E-state index contributed by atoms with van der Waals surface area (Å²) in [7, 11) is 0. The molecule has 0 saturated carbocycles. The smallest absolute Gasteiger partial charge is 0.140 e. The van der Waals surface area contributed by atoms with Gasteiger partial charge in [0, 0.05) is 13.0 Å². The number of hydrogen-bond acceptors (Lipinski definition) is 4. The summed E-state index contributed by atoms with van der Waals surface area (Å²) in [6.07, 6.45) is 1.37. The number of imidazole rings is 1. The number of benzene rings is 1. The highest BCUT2D eigenvalue weighted by atomic mass is 16.2. The summed E-state index contributed by atoms with van der Waals surface area (Å²) in [6.45, 7) is 0.146. The van der Waals surface area contributed by atoms with Gasteiger partial charge in [0.2, 0.25) is 0 Å². The molecular weight excluding hydrogens is 252 g/mol. The van der Waals surface area contributed by atoms with E-state index in [9.17, 15) is 0 Å². The van der Waals surface area contributed by atoms with Crippen LogP contribution in [0.4, 0.5) is 5.82 Å². The van der Waals surface area contributed by atoms with Crippen LogP contribution in [0, 0.1) is 0 Å². The standard InChI is InChI=1S/C15H16N4O/c16-13-7-3-8-15(18-13)19-12-6-2-1-5-11(12)17-14(19)9-4-10-20/h1-3,5-8,20H,4,9-10H2,(H2,16,18). The molecule has 0 bridgehead atoms. The summed E-state index contributed by atoms with van der Waals surface area (Å²) >= 11 is 0. The van der Waals surface area contributed by atoms with Gasteiger partial charge in [-0.05, 0) is 30.7 Å². The molecule has 0 aliphatic rings. The van der Waals surface area contributed by atoms with Crippen LogP contribution in [-0.4, -0.2) is 26.2 Å². The number of pyridine rings is 1. The fourth-order valence-corrected chi connectivity index (χ4v) is 2.30. The van der Waals surface area contributed by atoms with E-state index < -0.39 is 0 Å². The molecule has 0 spiro atoms. The van der Waals surface area contributed by atoms with E-state index in [1.165, 1.54) is 0 Å². The molecule has 0 saturated heterocycles. The molecule has 5 nitrogen and oxygen atoms in total. The Kier molecular flexibility index (Phi) is 3.35. The quantitative estimate of drug-likeness (QED) is 0.758. The fraction of sp³-hybridized carbons (Fsp3) is 0.200. The van der Waals surface area contributed by atoms with Crippen LogP contribution < -0.4 is 5.73 Å². The normalized spacial score (nSPS) is 11.1. The van der Waals surface area contributed by atoms with Gasteiger partial charge < -0.3 is 10.8 Å². The van der Waals surface area contributed by atoms with Gasteiger partial charge in [0.05, 0.1) is 11.0 Å². The fourth-order valence-electron chi connectivity index (χ4n) is 2.30. The molecule has 0 unspecified atom stereocenters. The first-order chi connectivity index (χ1) is 9.79. The van der Waals surface area contributed by atoms with Crippen molar-refractivity contribution in [2.75, 3.05) is 12.3 Å². The minimum absolute atomic E-state index is 0.146. The third-order valence-electron chi connectivity index (χ3n) is 3.17. The zero-order valence-electron chi connectivity index (χ0n) is 11.0. The van der Waals surface area contributed by atoms with Crippen LogP contribution in [-0.2, 0) is 6.42 Å². The Labute approximate surface area is 116 Å². The Hall–Kier alpha value is -2.40. The molecule has 2 heterocycles. The van der Waals surface area contributed by atoms with Gasteiger partial charge in [-0.2, -0.15) is 0 Å². The summed E-state index contributed by atoms with van der Waals surface area (Å²) < 4.78 is 2.00. The SMILES string of the molecule is Nc1cccc(-n2c(CCCO)nc3ccccc32)n1. The Morgan fingerprint density at radius 3 is 2.70 bits per heavy atom. The molecule has 20 heavy (non-hydrogen) atoms. The zero-order chi connectivity index (χ0) is 13.9. The number of nitrogen functional groups attached to an aromatic ring is 1. The molecular formula is C15H16N4O.